The van der Waals surface area contributed by atoms with Crippen LogP contribution in [0.15, 0.2) is 0 Å². The standard InChI is InChI=1S/C6H14O2.C5H12O2.C2H6O2/c7-5-3-1-2-4-6-8;1-5(2,3-6)4-7;3-1-2-4/h7-8H,1-6H2;6-7H,3-4H2,1-2H3;3-4H,1-2H2. The SMILES string of the molecule is CC(C)(CO)CO.OCCCCCCO.OCCO. The van der Waals surface area contributed by atoms with Gasteiger partial charge in [-0.3, -0.25) is 0 Å². The first-order chi connectivity index (χ1) is 8.95. The van der Waals surface area contributed by atoms with Gasteiger partial charge in [0.25, 0.3) is 0 Å². The van der Waals surface area contributed by atoms with Gasteiger partial charge in [0.15, 0.2) is 0 Å². The van der Waals surface area contributed by atoms with Crippen molar-refractivity contribution in [3.63, 3.8) is 0 Å². The van der Waals surface area contributed by atoms with Crippen LogP contribution in [0.3, 0.4) is 0 Å². The van der Waals surface area contributed by atoms with E-state index in [2.05, 4.69) is 0 Å². The molecule has 0 aliphatic rings. The highest BCUT2D eigenvalue weighted by molar-refractivity contribution is 4.62. The number of unbranched alkanes of at least 4 members (excludes halogenated alkanes) is 3. The monoisotopic (exact) mass is 284 g/mol. The lowest BCUT2D eigenvalue weighted by Crippen LogP contribution is -2.20. The van der Waals surface area contributed by atoms with Crippen molar-refractivity contribution in [1.82, 2.24) is 0 Å². The van der Waals surface area contributed by atoms with E-state index in [0.29, 0.717) is 0 Å². The lowest BCUT2D eigenvalue weighted by molar-refractivity contribution is 0.0857. The molecule has 0 aromatic heterocycles. The van der Waals surface area contributed by atoms with Crippen LogP contribution in [0.4, 0.5) is 0 Å². The number of hydrogen-bond donors (Lipinski definition) is 6. The van der Waals surface area contributed by atoms with Crippen LogP contribution in [0.1, 0.15) is 39.5 Å². The second-order valence-electron chi connectivity index (χ2n) is 4.79. The summed E-state index contributed by atoms with van der Waals surface area (Å²) < 4.78 is 0. The lowest BCUT2D eigenvalue weighted by atomic mass is 9.97. The lowest BCUT2D eigenvalue weighted by Gasteiger charge is -2.16. The second-order valence-corrected chi connectivity index (χ2v) is 4.79. The molecule has 0 aliphatic carbocycles. The molecule has 0 saturated heterocycles. The molecule has 0 aromatic carbocycles. The molecule has 0 atom stereocenters. The van der Waals surface area contributed by atoms with Gasteiger partial charge in [-0.2, -0.15) is 0 Å². The van der Waals surface area contributed by atoms with Crippen molar-refractivity contribution in [2.45, 2.75) is 39.5 Å². The van der Waals surface area contributed by atoms with Crippen LogP contribution >= 0.6 is 0 Å². The van der Waals surface area contributed by atoms with Crippen LogP contribution in [0.5, 0.6) is 0 Å². The zero-order valence-corrected chi connectivity index (χ0v) is 12.3. The van der Waals surface area contributed by atoms with E-state index in [1.54, 1.807) is 13.8 Å². The van der Waals surface area contributed by atoms with E-state index in [0.717, 1.165) is 25.7 Å². The fourth-order valence-electron chi connectivity index (χ4n) is 0.627. The quantitative estimate of drug-likeness (QED) is 0.334. The summed E-state index contributed by atoms with van der Waals surface area (Å²) in [5.41, 5.74) is -0.306. The van der Waals surface area contributed by atoms with Crippen molar-refractivity contribution in [2.75, 3.05) is 39.6 Å². The highest BCUT2D eigenvalue weighted by atomic mass is 16.3. The Bertz CT molecular complexity index is 127. The van der Waals surface area contributed by atoms with Crippen molar-refractivity contribution in [3.8, 4) is 0 Å². The van der Waals surface area contributed by atoms with E-state index >= 15 is 0 Å². The summed E-state index contributed by atoms with van der Waals surface area (Å²) >= 11 is 0. The topological polar surface area (TPSA) is 121 Å². The van der Waals surface area contributed by atoms with Gasteiger partial charge in [-0.05, 0) is 12.8 Å². The molecule has 19 heavy (non-hydrogen) atoms. The largest absolute Gasteiger partial charge is 0.396 e. The average molecular weight is 284 g/mol. The molecular weight excluding hydrogens is 252 g/mol. The molecule has 0 unspecified atom stereocenters. The van der Waals surface area contributed by atoms with Crippen molar-refractivity contribution in [1.29, 1.82) is 0 Å². The number of aliphatic hydroxyl groups excluding tert-OH is 6. The maximum absolute atomic E-state index is 8.43. The van der Waals surface area contributed by atoms with Crippen molar-refractivity contribution in [3.05, 3.63) is 0 Å². The molecule has 0 spiro atoms. The van der Waals surface area contributed by atoms with Crippen molar-refractivity contribution in [2.24, 2.45) is 5.41 Å². The second kappa shape index (κ2) is 20.1. The van der Waals surface area contributed by atoms with Gasteiger partial charge in [-0.1, -0.05) is 26.7 Å². The van der Waals surface area contributed by atoms with Crippen molar-refractivity contribution >= 4 is 0 Å². The molecule has 0 heterocycles. The third kappa shape index (κ3) is 31.9. The van der Waals surface area contributed by atoms with E-state index in [9.17, 15) is 0 Å². The van der Waals surface area contributed by atoms with Gasteiger partial charge in [0.05, 0.1) is 26.4 Å². The molecule has 0 rings (SSSR count). The fraction of sp³-hybridized carbons (Fsp3) is 1.00. The fourth-order valence-corrected chi connectivity index (χ4v) is 0.627. The molecule has 6 heteroatoms. The first-order valence-electron chi connectivity index (χ1n) is 6.60. The number of aliphatic hydroxyl groups is 6. The Morgan fingerprint density at radius 1 is 0.526 bits per heavy atom. The third-order valence-electron chi connectivity index (χ3n) is 2.02. The van der Waals surface area contributed by atoms with Crippen LogP contribution in [0.2, 0.25) is 0 Å². The van der Waals surface area contributed by atoms with Gasteiger partial charge in [0, 0.05) is 18.6 Å². The molecular formula is C13H32O6. The van der Waals surface area contributed by atoms with Gasteiger partial charge >= 0.3 is 0 Å². The summed E-state index contributed by atoms with van der Waals surface area (Å²) in [4.78, 5) is 0. The Hall–Kier alpha value is -0.240. The maximum atomic E-state index is 8.43. The van der Waals surface area contributed by atoms with Gasteiger partial charge in [-0.15, -0.1) is 0 Å². The molecule has 120 valence electrons. The maximum Gasteiger partial charge on any atom is 0.0662 e. The van der Waals surface area contributed by atoms with E-state index in [4.69, 9.17) is 30.6 Å². The molecule has 0 aliphatic heterocycles. The van der Waals surface area contributed by atoms with Crippen molar-refractivity contribution < 1.29 is 30.6 Å². The minimum atomic E-state index is -0.306. The van der Waals surface area contributed by atoms with Gasteiger partial charge in [0.2, 0.25) is 0 Å². The van der Waals surface area contributed by atoms with Gasteiger partial charge in [0.1, 0.15) is 0 Å². The Morgan fingerprint density at radius 2 is 0.842 bits per heavy atom. The van der Waals surface area contributed by atoms with E-state index in [1.807, 2.05) is 0 Å². The molecule has 6 nitrogen and oxygen atoms in total. The highest BCUT2D eigenvalue weighted by Crippen LogP contribution is 2.10. The molecule has 0 amide bonds. The Morgan fingerprint density at radius 3 is 0.947 bits per heavy atom. The summed E-state index contributed by atoms with van der Waals surface area (Å²) in [6.07, 6.45) is 3.83. The van der Waals surface area contributed by atoms with Crippen LogP contribution < -0.4 is 0 Å². The summed E-state index contributed by atoms with van der Waals surface area (Å²) in [6.45, 7) is 4.00. The van der Waals surface area contributed by atoms with E-state index < -0.39 is 0 Å². The van der Waals surface area contributed by atoms with Crippen LogP contribution in [-0.2, 0) is 0 Å². The minimum Gasteiger partial charge on any atom is -0.396 e. The first-order valence-corrected chi connectivity index (χ1v) is 6.60. The van der Waals surface area contributed by atoms with Crippen LogP contribution in [0, 0.1) is 5.41 Å². The Labute approximate surface area is 116 Å². The molecule has 0 aromatic rings. The number of rotatable bonds is 8. The molecule has 6 N–H and O–H groups in total. The predicted molar refractivity (Wildman–Crippen MR) is 74.8 cm³/mol. The van der Waals surface area contributed by atoms with Crippen LogP contribution in [-0.4, -0.2) is 70.3 Å². The zero-order valence-electron chi connectivity index (χ0n) is 12.3. The Balaban J connectivity index is -0.000000214. The summed E-state index contributed by atoms with van der Waals surface area (Å²) in [6, 6.07) is 0. The van der Waals surface area contributed by atoms with E-state index in [-0.39, 0.29) is 45.1 Å². The van der Waals surface area contributed by atoms with Crippen LogP contribution in [0.25, 0.3) is 0 Å². The summed E-state index contributed by atoms with van der Waals surface area (Å²) in [5, 5.41) is 48.7. The average Bonchev–Trinajstić information content (AvgIpc) is 2.44. The Kier molecular flexibility index (Phi) is 25.2. The highest BCUT2D eigenvalue weighted by Gasteiger charge is 2.13. The van der Waals surface area contributed by atoms with Gasteiger partial charge in [-0.25, -0.2) is 0 Å². The smallest absolute Gasteiger partial charge is 0.0662 e. The van der Waals surface area contributed by atoms with E-state index in [1.165, 1.54) is 0 Å². The normalized spacial score (nSPS) is 10.1. The molecule has 0 bridgehead atoms. The zero-order chi connectivity index (χ0) is 15.6. The predicted octanol–water partition coefficient (Wildman–Crippen LogP) is -0.500. The first kappa shape index (κ1) is 23.8. The third-order valence-corrected chi connectivity index (χ3v) is 2.02. The number of hydrogen-bond acceptors (Lipinski definition) is 6. The summed E-state index contributed by atoms with van der Waals surface area (Å²) in [7, 11) is 0. The molecule has 0 saturated carbocycles. The summed E-state index contributed by atoms with van der Waals surface area (Å²) in [5.74, 6) is 0. The molecule has 0 radical (unpaired) electrons. The minimum absolute atomic E-state index is 0.0451. The van der Waals surface area contributed by atoms with Gasteiger partial charge < -0.3 is 30.6 Å². The molecule has 0 fully saturated rings.